The minimum atomic E-state index is -0.102. The van der Waals surface area contributed by atoms with E-state index in [4.69, 9.17) is 0 Å². The number of ketones is 1. The Morgan fingerprint density at radius 3 is 2.50 bits per heavy atom. The van der Waals surface area contributed by atoms with Crippen molar-refractivity contribution in [1.29, 1.82) is 5.26 Å². The molecule has 0 aliphatic heterocycles. The van der Waals surface area contributed by atoms with E-state index in [1.54, 1.807) is 35.3 Å². The molecular formula is C27H31N3O2. The minimum Gasteiger partial charge on any atom is -0.311 e. The van der Waals surface area contributed by atoms with Gasteiger partial charge >= 0.3 is 0 Å². The van der Waals surface area contributed by atoms with E-state index in [0.29, 0.717) is 24.1 Å². The van der Waals surface area contributed by atoms with Crippen LogP contribution in [0.2, 0.25) is 0 Å². The number of carbonyl (C=O) groups is 1. The van der Waals surface area contributed by atoms with E-state index in [2.05, 4.69) is 24.9 Å². The van der Waals surface area contributed by atoms with Crippen LogP contribution in [0.1, 0.15) is 73.1 Å². The van der Waals surface area contributed by atoms with Crippen LogP contribution in [0.5, 0.6) is 0 Å². The van der Waals surface area contributed by atoms with Crippen LogP contribution in [-0.4, -0.2) is 15.3 Å². The topological polar surface area (TPSA) is 75.8 Å². The van der Waals surface area contributed by atoms with Crippen molar-refractivity contribution in [3.05, 3.63) is 99.2 Å². The summed E-state index contributed by atoms with van der Waals surface area (Å²) < 4.78 is 1.57. The fraction of sp³-hybridized carbons (Fsp3) is 0.333. The van der Waals surface area contributed by atoms with Gasteiger partial charge in [-0.2, -0.15) is 5.26 Å². The smallest absolute Gasteiger partial charge is 0.250 e. The third kappa shape index (κ3) is 6.75. The highest BCUT2D eigenvalue weighted by Crippen LogP contribution is 2.18. The van der Waals surface area contributed by atoms with Crippen molar-refractivity contribution in [3.63, 3.8) is 0 Å². The van der Waals surface area contributed by atoms with Crippen molar-refractivity contribution in [1.82, 2.24) is 9.55 Å². The molecule has 0 spiro atoms. The Labute approximate surface area is 190 Å². The number of Topliss-reactive ketones (excluding diaryl/α,β-unsaturated/α-hetero) is 1. The Balaban J connectivity index is 0.00000114. The van der Waals surface area contributed by atoms with Gasteiger partial charge < -0.3 is 4.57 Å². The molecule has 5 heteroatoms. The molecule has 5 nitrogen and oxygen atoms in total. The number of benzene rings is 1. The predicted molar refractivity (Wildman–Crippen MR) is 128 cm³/mol. The van der Waals surface area contributed by atoms with Crippen LogP contribution in [0.15, 0.2) is 65.8 Å². The van der Waals surface area contributed by atoms with Gasteiger partial charge in [0.25, 0.3) is 5.56 Å². The van der Waals surface area contributed by atoms with E-state index in [1.165, 1.54) is 12.5 Å². The first kappa shape index (κ1) is 24.7. The van der Waals surface area contributed by atoms with E-state index in [9.17, 15) is 14.9 Å². The normalized spacial score (nSPS) is 11.1. The summed E-state index contributed by atoms with van der Waals surface area (Å²) in [6, 6.07) is 14.8. The standard InChI is InChI=1S/C24H23N3O2.C3H8/c1-3-17(2)24(29)22-12-19(14-26-15-22)10-18-7-8-20(21(11-18)13-25)16-27-9-5-4-6-23(27)28;1-3-2/h4-9,11-12,14-15,17H,3,10,16H2,1-2H3;3H2,1-2H3. The Morgan fingerprint density at radius 1 is 1.09 bits per heavy atom. The van der Waals surface area contributed by atoms with Gasteiger partial charge in [-0.25, -0.2) is 0 Å². The second-order valence-electron chi connectivity index (χ2n) is 7.91. The highest BCUT2D eigenvalue weighted by Gasteiger charge is 2.14. The van der Waals surface area contributed by atoms with Crippen LogP contribution in [0.3, 0.4) is 0 Å². The molecule has 0 amide bonds. The van der Waals surface area contributed by atoms with Crippen LogP contribution in [-0.2, 0) is 13.0 Å². The number of carbonyl (C=O) groups excluding carboxylic acids is 1. The maximum atomic E-state index is 12.4. The number of nitriles is 1. The summed E-state index contributed by atoms with van der Waals surface area (Å²) in [4.78, 5) is 28.6. The second-order valence-corrected chi connectivity index (χ2v) is 7.91. The van der Waals surface area contributed by atoms with Gasteiger partial charge in [0.05, 0.1) is 18.2 Å². The molecule has 0 bridgehead atoms. The van der Waals surface area contributed by atoms with E-state index in [0.717, 1.165) is 23.1 Å². The molecule has 2 heterocycles. The van der Waals surface area contributed by atoms with E-state index in [1.807, 2.05) is 38.1 Å². The SMILES string of the molecule is CCC.CCC(C)C(=O)c1cncc(Cc2ccc(Cn3ccccc3=O)c(C#N)c2)c1. The number of pyridine rings is 2. The molecule has 0 radical (unpaired) electrons. The zero-order valence-electron chi connectivity index (χ0n) is 19.3. The molecule has 2 aromatic heterocycles. The number of aromatic nitrogens is 2. The highest BCUT2D eigenvalue weighted by molar-refractivity contribution is 5.97. The zero-order chi connectivity index (χ0) is 23.5. The van der Waals surface area contributed by atoms with Gasteiger partial charge in [-0.15, -0.1) is 0 Å². The van der Waals surface area contributed by atoms with Crippen molar-refractivity contribution in [2.24, 2.45) is 5.92 Å². The van der Waals surface area contributed by atoms with Gasteiger partial charge in [-0.1, -0.05) is 52.3 Å². The second kappa shape index (κ2) is 12.4. The summed E-state index contributed by atoms with van der Waals surface area (Å²) in [6.07, 6.45) is 7.69. The highest BCUT2D eigenvalue weighted by atomic mass is 16.1. The molecule has 0 fully saturated rings. The van der Waals surface area contributed by atoms with Gasteiger partial charge in [0.1, 0.15) is 0 Å². The maximum Gasteiger partial charge on any atom is 0.250 e. The van der Waals surface area contributed by atoms with E-state index in [-0.39, 0.29) is 17.3 Å². The van der Waals surface area contributed by atoms with Crippen LogP contribution in [0.25, 0.3) is 0 Å². The largest absolute Gasteiger partial charge is 0.311 e. The Morgan fingerprint density at radius 2 is 1.84 bits per heavy atom. The van der Waals surface area contributed by atoms with Crippen molar-refractivity contribution in [2.45, 2.75) is 53.5 Å². The van der Waals surface area contributed by atoms with Gasteiger partial charge in [0.2, 0.25) is 0 Å². The first-order valence-corrected chi connectivity index (χ1v) is 11.1. The van der Waals surface area contributed by atoms with E-state index >= 15 is 0 Å². The molecule has 0 N–H and O–H groups in total. The molecule has 166 valence electrons. The van der Waals surface area contributed by atoms with Crippen molar-refractivity contribution in [3.8, 4) is 6.07 Å². The molecule has 1 unspecified atom stereocenters. The molecule has 3 aromatic rings. The number of hydrogen-bond donors (Lipinski definition) is 0. The number of nitrogens with zero attached hydrogens (tertiary/aromatic N) is 3. The lowest BCUT2D eigenvalue weighted by Gasteiger charge is -2.11. The summed E-state index contributed by atoms with van der Waals surface area (Å²) >= 11 is 0. The maximum absolute atomic E-state index is 12.4. The third-order valence-corrected chi connectivity index (χ3v) is 5.08. The molecule has 0 aliphatic carbocycles. The van der Waals surface area contributed by atoms with Gasteiger partial charge in [-0.05, 0) is 47.7 Å². The lowest BCUT2D eigenvalue weighted by Crippen LogP contribution is -2.18. The van der Waals surface area contributed by atoms with Crippen LogP contribution in [0, 0.1) is 17.2 Å². The number of rotatable bonds is 7. The van der Waals surface area contributed by atoms with Gasteiger partial charge in [0.15, 0.2) is 5.78 Å². The summed E-state index contributed by atoms with van der Waals surface area (Å²) in [5, 5.41) is 9.57. The van der Waals surface area contributed by atoms with Crippen LogP contribution < -0.4 is 5.56 Å². The van der Waals surface area contributed by atoms with Gasteiger partial charge in [-0.3, -0.25) is 14.6 Å². The third-order valence-electron chi connectivity index (χ3n) is 5.08. The van der Waals surface area contributed by atoms with Gasteiger partial charge in [0, 0.05) is 36.1 Å². The molecule has 0 saturated heterocycles. The Kier molecular flexibility index (Phi) is 9.56. The lowest BCUT2D eigenvalue weighted by atomic mass is 9.95. The monoisotopic (exact) mass is 429 g/mol. The average molecular weight is 430 g/mol. The summed E-state index contributed by atoms with van der Waals surface area (Å²) in [7, 11) is 0. The molecule has 1 aromatic carbocycles. The van der Waals surface area contributed by atoms with Crippen molar-refractivity contribution >= 4 is 5.78 Å². The molecule has 0 saturated carbocycles. The molecule has 0 aliphatic rings. The predicted octanol–water partition coefficient (Wildman–Crippen LogP) is 5.40. The molecule has 1 atom stereocenters. The summed E-state index contributed by atoms with van der Waals surface area (Å²) in [5.74, 6) is 0.0705. The van der Waals surface area contributed by atoms with Crippen molar-refractivity contribution < 1.29 is 4.79 Å². The molecule has 32 heavy (non-hydrogen) atoms. The van der Waals surface area contributed by atoms with Crippen LogP contribution >= 0.6 is 0 Å². The molecule has 3 rings (SSSR count). The fourth-order valence-electron chi connectivity index (χ4n) is 3.17. The fourth-order valence-corrected chi connectivity index (χ4v) is 3.17. The quantitative estimate of drug-likeness (QED) is 0.471. The Hall–Kier alpha value is -3.52. The summed E-state index contributed by atoms with van der Waals surface area (Å²) in [6.45, 7) is 8.52. The minimum absolute atomic E-state index is 0.0297. The average Bonchev–Trinajstić information content (AvgIpc) is 2.81. The zero-order valence-corrected chi connectivity index (χ0v) is 19.3. The van der Waals surface area contributed by atoms with Crippen molar-refractivity contribution in [2.75, 3.05) is 0 Å². The molecular weight excluding hydrogens is 398 g/mol. The lowest BCUT2D eigenvalue weighted by molar-refractivity contribution is 0.0927. The van der Waals surface area contributed by atoms with E-state index < -0.39 is 0 Å². The Bertz CT molecular complexity index is 1140. The first-order chi connectivity index (χ1) is 15.4. The number of hydrogen-bond acceptors (Lipinski definition) is 4. The first-order valence-electron chi connectivity index (χ1n) is 11.1. The summed E-state index contributed by atoms with van der Waals surface area (Å²) in [5.41, 5.74) is 3.74. The van der Waals surface area contributed by atoms with Crippen LogP contribution in [0.4, 0.5) is 0 Å².